The predicted octanol–water partition coefficient (Wildman–Crippen LogP) is 1.83. The lowest BCUT2D eigenvalue weighted by Crippen LogP contribution is -2.28. The Morgan fingerprint density at radius 2 is 2.06 bits per heavy atom. The second kappa shape index (κ2) is 5.15. The summed E-state index contributed by atoms with van der Waals surface area (Å²) in [7, 11) is -2.46. The molecule has 0 atom stereocenters. The maximum Gasteiger partial charge on any atom is 0.247 e. The minimum atomic E-state index is -3.80. The summed E-state index contributed by atoms with van der Waals surface area (Å²) in [6.07, 6.45) is 5.06. The molecule has 1 aromatic carbocycles. The van der Waals surface area contributed by atoms with Gasteiger partial charge in [0.15, 0.2) is 0 Å². The van der Waals surface area contributed by atoms with Crippen molar-refractivity contribution < 1.29 is 8.42 Å². The van der Waals surface area contributed by atoms with Crippen LogP contribution in [0.2, 0.25) is 10.0 Å². The Hall–Kier alpha value is -0.930. The van der Waals surface area contributed by atoms with E-state index in [1.54, 1.807) is 0 Å². The van der Waals surface area contributed by atoms with E-state index in [1.165, 1.54) is 19.2 Å². The van der Waals surface area contributed by atoms with Crippen molar-refractivity contribution in [3.63, 3.8) is 0 Å². The Balaban J connectivity index is 3.40. The molecule has 0 aliphatic heterocycles. The summed E-state index contributed by atoms with van der Waals surface area (Å²) >= 11 is 11.5. The van der Waals surface area contributed by atoms with Crippen LogP contribution in [0, 0.1) is 12.3 Å². The number of hydrogen-bond donors (Lipinski definition) is 1. The quantitative estimate of drug-likeness (QED) is 0.683. The first-order valence-corrected chi connectivity index (χ1v) is 6.64. The molecule has 0 aliphatic carbocycles. The molecule has 0 spiro atoms. The lowest BCUT2D eigenvalue weighted by molar-refractivity contribution is 0.503. The number of benzene rings is 1. The standard InChI is InChI=1S/C10H10Cl2N2O2S/c1-3-4-14(2)17(15,16)10-8(12)5-7(11)6-9(10)13/h1,5-6H,4,13H2,2H3. The minimum absolute atomic E-state index is 0.00799. The van der Waals surface area contributed by atoms with Crippen molar-refractivity contribution in [3.05, 3.63) is 22.2 Å². The first-order valence-electron chi connectivity index (χ1n) is 4.45. The van der Waals surface area contributed by atoms with Gasteiger partial charge in [0.05, 0.1) is 17.3 Å². The topological polar surface area (TPSA) is 63.4 Å². The number of hydrogen-bond acceptors (Lipinski definition) is 3. The van der Waals surface area contributed by atoms with Crippen LogP contribution in [0.1, 0.15) is 0 Å². The van der Waals surface area contributed by atoms with Crippen molar-refractivity contribution in [2.24, 2.45) is 0 Å². The number of terminal acetylenes is 1. The Bertz CT molecular complexity index is 555. The SMILES string of the molecule is C#CCN(C)S(=O)(=O)c1c(N)cc(Cl)cc1Cl. The van der Waals surface area contributed by atoms with Gasteiger partial charge in [-0.25, -0.2) is 8.42 Å². The highest BCUT2D eigenvalue weighted by Crippen LogP contribution is 2.32. The van der Waals surface area contributed by atoms with Gasteiger partial charge in [0.2, 0.25) is 10.0 Å². The van der Waals surface area contributed by atoms with Gasteiger partial charge >= 0.3 is 0 Å². The Labute approximate surface area is 110 Å². The molecule has 1 aromatic rings. The van der Waals surface area contributed by atoms with Crippen molar-refractivity contribution >= 4 is 38.9 Å². The van der Waals surface area contributed by atoms with Crippen LogP contribution in [0.5, 0.6) is 0 Å². The molecule has 0 bridgehead atoms. The maximum absolute atomic E-state index is 12.1. The third kappa shape index (κ3) is 2.85. The Kier molecular flexibility index (Phi) is 4.28. The van der Waals surface area contributed by atoms with Crippen LogP contribution in [0.25, 0.3) is 0 Å². The molecule has 0 heterocycles. The zero-order valence-electron chi connectivity index (χ0n) is 8.94. The van der Waals surface area contributed by atoms with Crippen LogP contribution in [0.3, 0.4) is 0 Å². The van der Waals surface area contributed by atoms with E-state index in [0.29, 0.717) is 0 Å². The lowest BCUT2D eigenvalue weighted by atomic mass is 10.3. The summed E-state index contributed by atoms with van der Waals surface area (Å²) in [6, 6.07) is 2.64. The van der Waals surface area contributed by atoms with Gasteiger partial charge in [-0.1, -0.05) is 29.1 Å². The van der Waals surface area contributed by atoms with Gasteiger partial charge in [0, 0.05) is 12.1 Å². The maximum atomic E-state index is 12.1. The average Bonchev–Trinajstić information content (AvgIpc) is 2.15. The van der Waals surface area contributed by atoms with Crippen LogP contribution in [0.4, 0.5) is 5.69 Å². The number of nitrogen functional groups attached to an aromatic ring is 1. The van der Waals surface area contributed by atoms with Crippen LogP contribution < -0.4 is 5.73 Å². The average molecular weight is 293 g/mol. The van der Waals surface area contributed by atoms with Crippen molar-refractivity contribution in [2.75, 3.05) is 19.3 Å². The molecule has 2 N–H and O–H groups in total. The Morgan fingerprint density at radius 3 is 2.53 bits per heavy atom. The highest BCUT2D eigenvalue weighted by molar-refractivity contribution is 7.89. The summed E-state index contributed by atoms with van der Waals surface area (Å²) in [4.78, 5) is -0.179. The fraction of sp³-hybridized carbons (Fsp3) is 0.200. The van der Waals surface area contributed by atoms with Gasteiger partial charge in [-0.05, 0) is 12.1 Å². The third-order valence-electron chi connectivity index (χ3n) is 2.02. The summed E-state index contributed by atoms with van der Waals surface area (Å²) in [6.45, 7) is -0.0687. The van der Waals surface area contributed by atoms with Crippen LogP contribution in [0.15, 0.2) is 17.0 Å². The van der Waals surface area contributed by atoms with Gasteiger partial charge in [0.1, 0.15) is 4.90 Å². The molecule has 92 valence electrons. The van der Waals surface area contributed by atoms with Crippen LogP contribution in [-0.2, 0) is 10.0 Å². The molecule has 17 heavy (non-hydrogen) atoms. The van der Waals surface area contributed by atoms with Gasteiger partial charge in [-0.2, -0.15) is 4.31 Å². The molecular formula is C10H10Cl2N2O2S. The monoisotopic (exact) mass is 292 g/mol. The van der Waals surface area contributed by atoms with Gasteiger partial charge in [-0.3, -0.25) is 0 Å². The number of sulfonamides is 1. The molecule has 0 saturated carbocycles. The summed E-state index contributed by atoms with van der Waals surface area (Å²) in [5.41, 5.74) is 5.61. The largest absolute Gasteiger partial charge is 0.398 e. The smallest absolute Gasteiger partial charge is 0.247 e. The number of rotatable bonds is 3. The molecule has 0 saturated heterocycles. The highest BCUT2D eigenvalue weighted by atomic mass is 35.5. The molecule has 0 aliphatic rings. The normalized spacial score (nSPS) is 11.5. The Morgan fingerprint density at radius 1 is 1.47 bits per heavy atom. The van der Waals surface area contributed by atoms with E-state index in [9.17, 15) is 8.42 Å². The molecule has 1 rings (SSSR count). The number of nitrogens with zero attached hydrogens (tertiary/aromatic N) is 1. The second-order valence-corrected chi connectivity index (χ2v) is 6.10. The van der Waals surface area contributed by atoms with E-state index in [-0.39, 0.29) is 27.2 Å². The van der Waals surface area contributed by atoms with E-state index in [2.05, 4.69) is 5.92 Å². The molecular weight excluding hydrogens is 283 g/mol. The number of halogens is 2. The fourth-order valence-corrected chi connectivity index (χ4v) is 3.24. The van der Waals surface area contributed by atoms with Crippen molar-refractivity contribution in [3.8, 4) is 12.3 Å². The number of anilines is 1. The minimum Gasteiger partial charge on any atom is -0.398 e. The lowest BCUT2D eigenvalue weighted by Gasteiger charge is -2.17. The molecule has 0 radical (unpaired) electrons. The highest BCUT2D eigenvalue weighted by Gasteiger charge is 2.26. The summed E-state index contributed by atoms with van der Waals surface area (Å²) < 4.78 is 25.2. The zero-order valence-corrected chi connectivity index (χ0v) is 11.3. The van der Waals surface area contributed by atoms with Gasteiger partial charge < -0.3 is 5.73 Å². The zero-order chi connectivity index (χ0) is 13.2. The summed E-state index contributed by atoms with van der Waals surface area (Å²) in [5, 5.41) is 0.241. The van der Waals surface area contributed by atoms with Crippen molar-refractivity contribution in [2.45, 2.75) is 4.90 Å². The van der Waals surface area contributed by atoms with Crippen LogP contribution in [-0.4, -0.2) is 26.3 Å². The second-order valence-electron chi connectivity index (χ2n) is 3.27. The van der Waals surface area contributed by atoms with E-state index < -0.39 is 10.0 Å². The molecule has 4 nitrogen and oxygen atoms in total. The van der Waals surface area contributed by atoms with E-state index in [1.807, 2.05) is 0 Å². The van der Waals surface area contributed by atoms with E-state index >= 15 is 0 Å². The van der Waals surface area contributed by atoms with Gasteiger partial charge in [0.25, 0.3) is 0 Å². The van der Waals surface area contributed by atoms with E-state index in [4.69, 9.17) is 35.4 Å². The van der Waals surface area contributed by atoms with Crippen molar-refractivity contribution in [1.29, 1.82) is 0 Å². The van der Waals surface area contributed by atoms with Crippen molar-refractivity contribution in [1.82, 2.24) is 4.31 Å². The molecule has 7 heteroatoms. The fourth-order valence-electron chi connectivity index (χ4n) is 1.22. The molecule has 0 fully saturated rings. The van der Waals surface area contributed by atoms with Gasteiger partial charge in [-0.15, -0.1) is 6.42 Å². The summed E-state index contributed by atoms with van der Waals surface area (Å²) in [5.74, 6) is 2.23. The van der Waals surface area contributed by atoms with E-state index in [0.717, 1.165) is 4.31 Å². The molecule has 0 aromatic heterocycles. The van der Waals surface area contributed by atoms with Crippen LogP contribution >= 0.6 is 23.2 Å². The molecule has 0 amide bonds. The first kappa shape index (κ1) is 14.1. The number of nitrogens with two attached hydrogens (primary N) is 1. The predicted molar refractivity (Wildman–Crippen MR) is 69.5 cm³/mol. The third-order valence-corrected chi connectivity index (χ3v) is 4.57. The first-order chi connectivity index (χ1) is 7.80. The molecule has 0 unspecified atom stereocenters.